The van der Waals surface area contributed by atoms with Crippen LogP contribution in [-0.4, -0.2) is 17.2 Å². The van der Waals surface area contributed by atoms with Crippen LogP contribution in [0.2, 0.25) is 0 Å². The summed E-state index contributed by atoms with van der Waals surface area (Å²) >= 11 is 5.21. The highest BCUT2D eigenvalue weighted by molar-refractivity contribution is 7.80. The lowest BCUT2D eigenvalue weighted by molar-refractivity contribution is 0.447. The summed E-state index contributed by atoms with van der Waals surface area (Å²) in [4.78, 5) is 0. The van der Waals surface area contributed by atoms with E-state index in [1.807, 2.05) is 0 Å². The van der Waals surface area contributed by atoms with Gasteiger partial charge in [-0.05, 0) is 44.3 Å². The molecule has 1 aliphatic carbocycles. The van der Waals surface area contributed by atoms with Crippen molar-refractivity contribution in [2.24, 2.45) is 5.92 Å². The average Bonchev–Trinajstić information content (AvgIpc) is 2.87. The lowest BCUT2D eigenvalue weighted by Gasteiger charge is -2.19. The highest BCUT2D eigenvalue weighted by Gasteiger charge is 2.22. The third-order valence-electron chi connectivity index (χ3n) is 2.74. The van der Waals surface area contributed by atoms with Crippen molar-refractivity contribution < 1.29 is 0 Å². The summed E-state index contributed by atoms with van der Waals surface area (Å²) in [5.74, 6) is 0.779. The Hall–Kier alpha value is -0.310. The smallest absolute Gasteiger partial charge is 0.166 e. The maximum Gasteiger partial charge on any atom is 0.166 e. The summed E-state index contributed by atoms with van der Waals surface area (Å²) in [6.45, 7) is 6.72. The van der Waals surface area contributed by atoms with Gasteiger partial charge < -0.3 is 10.6 Å². The van der Waals surface area contributed by atoms with Crippen molar-refractivity contribution in [3.05, 3.63) is 0 Å². The minimum atomic E-state index is 0.490. The normalized spacial score (nSPS) is 19.9. The van der Waals surface area contributed by atoms with Crippen LogP contribution in [0.15, 0.2) is 0 Å². The van der Waals surface area contributed by atoms with Crippen molar-refractivity contribution >= 4 is 17.3 Å². The van der Waals surface area contributed by atoms with E-state index in [9.17, 15) is 0 Å². The molecule has 0 spiro atoms. The summed E-state index contributed by atoms with van der Waals surface area (Å²) in [6.07, 6.45) is 5.00. The molecule has 14 heavy (non-hydrogen) atoms. The van der Waals surface area contributed by atoms with Crippen LogP contribution >= 0.6 is 12.2 Å². The summed E-state index contributed by atoms with van der Waals surface area (Å²) in [5, 5.41) is 7.47. The molecule has 2 atom stereocenters. The molecule has 1 aliphatic rings. The van der Waals surface area contributed by atoms with E-state index < -0.39 is 0 Å². The Balaban J connectivity index is 2.11. The van der Waals surface area contributed by atoms with Gasteiger partial charge in [0.05, 0.1) is 0 Å². The molecule has 3 heteroatoms. The number of hydrogen-bond acceptors (Lipinski definition) is 1. The van der Waals surface area contributed by atoms with E-state index in [0.717, 1.165) is 11.0 Å². The maximum absolute atomic E-state index is 5.21. The van der Waals surface area contributed by atoms with Crippen LogP contribution in [0.4, 0.5) is 0 Å². The summed E-state index contributed by atoms with van der Waals surface area (Å²) in [5.41, 5.74) is 0. The zero-order chi connectivity index (χ0) is 10.6. The molecule has 0 heterocycles. The van der Waals surface area contributed by atoms with Crippen molar-refractivity contribution in [3.8, 4) is 0 Å². The molecule has 2 nitrogen and oxygen atoms in total. The molecule has 0 amide bonds. The molecular formula is C11H22N2S. The largest absolute Gasteiger partial charge is 0.360 e. The van der Waals surface area contributed by atoms with Crippen LogP contribution in [0, 0.1) is 5.92 Å². The zero-order valence-corrected chi connectivity index (χ0v) is 10.3. The Kier molecular flexibility index (Phi) is 4.66. The molecule has 2 unspecified atom stereocenters. The standard InChI is InChI=1S/C11H22N2S/c1-4-8(2)7-9(3)12-11(14)13-10-5-6-10/h8-10H,4-7H2,1-3H3,(H2,12,13,14). The molecule has 0 saturated heterocycles. The van der Waals surface area contributed by atoms with Crippen LogP contribution in [0.25, 0.3) is 0 Å². The molecule has 0 aromatic carbocycles. The second-order valence-corrected chi connectivity index (χ2v) is 4.95. The fourth-order valence-corrected chi connectivity index (χ4v) is 1.88. The number of rotatable bonds is 5. The minimum Gasteiger partial charge on any atom is -0.360 e. The van der Waals surface area contributed by atoms with Gasteiger partial charge in [-0.25, -0.2) is 0 Å². The topological polar surface area (TPSA) is 24.1 Å². The van der Waals surface area contributed by atoms with E-state index in [-0.39, 0.29) is 0 Å². The van der Waals surface area contributed by atoms with Gasteiger partial charge in [0.25, 0.3) is 0 Å². The van der Waals surface area contributed by atoms with Gasteiger partial charge >= 0.3 is 0 Å². The fourth-order valence-electron chi connectivity index (χ4n) is 1.51. The monoisotopic (exact) mass is 214 g/mol. The molecule has 82 valence electrons. The summed E-state index contributed by atoms with van der Waals surface area (Å²) < 4.78 is 0. The van der Waals surface area contributed by atoms with Crippen molar-refractivity contribution in [3.63, 3.8) is 0 Å². The first-order valence-corrected chi connectivity index (χ1v) is 6.09. The minimum absolute atomic E-state index is 0.490. The van der Waals surface area contributed by atoms with Crippen LogP contribution < -0.4 is 10.6 Å². The van der Waals surface area contributed by atoms with Crippen molar-refractivity contribution in [2.45, 2.75) is 58.5 Å². The molecule has 1 fully saturated rings. The van der Waals surface area contributed by atoms with E-state index in [0.29, 0.717) is 12.1 Å². The average molecular weight is 214 g/mol. The first-order valence-electron chi connectivity index (χ1n) is 5.68. The second-order valence-electron chi connectivity index (χ2n) is 4.54. The highest BCUT2D eigenvalue weighted by atomic mass is 32.1. The van der Waals surface area contributed by atoms with Gasteiger partial charge in [-0.2, -0.15) is 0 Å². The van der Waals surface area contributed by atoms with Gasteiger partial charge in [0.15, 0.2) is 5.11 Å². The molecule has 1 rings (SSSR count). The number of thiocarbonyl (C=S) groups is 1. The van der Waals surface area contributed by atoms with Gasteiger partial charge in [0.2, 0.25) is 0 Å². The molecule has 0 aliphatic heterocycles. The Morgan fingerprint density at radius 1 is 1.43 bits per heavy atom. The van der Waals surface area contributed by atoms with Crippen LogP contribution in [0.5, 0.6) is 0 Å². The molecule has 0 aromatic heterocycles. The molecule has 0 aromatic rings. The first kappa shape index (κ1) is 11.8. The van der Waals surface area contributed by atoms with Crippen LogP contribution in [0.3, 0.4) is 0 Å². The third kappa shape index (κ3) is 4.80. The van der Waals surface area contributed by atoms with E-state index in [4.69, 9.17) is 12.2 Å². The Labute approximate surface area is 92.8 Å². The van der Waals surface area contributed by atoms with Gasteiger partial charge in [-0.1, -0.05) is 20.3 Å². The SMILES string of the molecule is CCC(C)CC(C)NC(=S)NC1CC1. The predicted molar refractivity (Wildman–Crippen MR) is 65.4 cm³/mol. The van der Waals surface area contributed by atoms with E-state index in [1.165, 1.54) is 25.7 Å². The quantitative estimate of drug-likeness (QED) is 0.687. The van der Waals surface area contributed by atoms with Crippen molar-refractivity contribution in [2.75, 3.05) is 0 Å². The molecule has 0 bridgehead atoms. The van der Waals surface area contributed by atoms with Gasteiger partial charge in [-0.3, -0.25) is 0 Å². The van der Waals surface area contributed by atoms with E-state index in [1.54, 1.807) is 0 Å². The van der Waals surface area contributed by atoms with Gasteiger partial charge in [-0.15, -0.1) is 0 Å². The maximum atomic E-state index is 5.21. The fraction of sp³-hybridized carbons (Fsp3) is 0.909. The Bertz CT molecular complexity index is 190. The number of nitrogens with one attached hydrogen (secondary N) is 2. The molecule has 0 radical (unpaired) electrons. The Morgan fingerprint density at radius 3 is 2.57 bits per heavy atom. The molecule has 1 saturated carbocycles. The van der Waals surface area contributed by atoms with Gasteiger partial charge in [0.1, 0.15) is 0 Å². The third-order valence-corrected chi connectivity index (χ3v) is 2.98. The Morgan fingerprint density at radius 2 is 2.07 bits per heavy atom. The molecular weight excluding hydrogens is 192 g/mol. The van der Waals surface area contributed by atoms with Crippen LogP contribution in [-0.2, 0) is 0 Å². The van der Waals surface area contributed by atoms with Crippen LogP contribution in [0.1, 0.15) is 46.5 Å². The first-order chi connectivity index (χ1) is 6.61. The predicted octanol–water partition coefficient (Wildman–Crippen LogP) is 2.44. The van der Waals surface area contributed by atoms with E-state index in [2.05, 4.69) is 31.4 Å². The number of hydrogen-bond donors (Lipinski definition) is 2. The van der Waals surface area contributed by atoms with Crippen molar-refractivity contribution in [1.82, 2.24) is 10.6 Å². The lowest BCUT2D eigenvalue weighted by Crippen LogP contribution is -2.42. The summed E-state index contributed by atoms with van der Waals surface area (Å²) in [7, 11) is 0. The van der Waals surface area contributed by atoms with E-state index >= 15 is 0 Å². The molecule has 2 N–H and O–H groups in total. The summed E-state index contributed by atoms with van der Waals surface area (Å²) in [6, 6.07) is 1.15. The lowest BCUT2D eigenvalue weighted by atomic mass is 10.0. The van der Waals surface area contributed by atoms with Crippen molar-refractivity contribution in [1.29, 1.82) is 0 Å². The highest BCUT2D eigenvalue weighted by Crippen LogP contribution is 2.18. The second kappa shape index (κ2) is 5.54. The van der Waals surface area contributed by atoms with Gasteiger partial charge in [0, 0.05) is 12.1 Å². The zero-order valence-electron chi connectivity index (χ0n) is 9.47.